The molecule has 1 aliphatic heterocycles. The minimum atomic E-state index is -0.422. The van der Waals surface area contributed by atoms with Gasteiger partial charge in [0.1, 0.15) is 5.75 Å². The van der Waals surface area contributed by atoms with Gasteiger partial charge < -0.3 is 20.5 Å². The number of β-amino-alcohol motifs (C(OH)–C–C–N with tert-alkyl or cyclic N) is 1. The summed E-state index contributed by atoms with van der Waals surface area (Å²) in [4.78, 5) is 14.3. The van der Waals surface area contributed by atoms with Crippen molar-refractivity contribution in [1.82, 2.24) is 10.6 Å². The predicted octanol–water partition coefficient (Wildman–Crippen LogP) is 2.18. The highest BCUT2D eigenvalue weighted by Crippen LogP contribution is 2.29. The molecule has 3 N–H and O–H groups in total. The molecule has 0 saturated carbocycles. The van der Waals surface area contributed by atoms with E-state index in [1.54, 1.807) is 18.4 Å². The maximum absolute atomic E-state index is 12.0. The van der Waals surface area contributed by atoms with Crippen molar-refractivity contribution in [2.75, 3.05) is 13.7 Å². The molecular formula is C17H21ClN2O3S. The van der Waals surface area contributed by atoms with Crippen LogP contribution in [0.15, 0.2) is 36.4 Å². The van der Waals surface area contributed by atoms with Crippen LogP contribution in [0.5, 0.6) is 5.75 Å². The van der Waals surface area contributed by atoms with Crippen molar-refractivity contribution in [3.63, 3.8) is 0 Å². The van der Waals surface area contributed by atoms with E-state index in [-0.39, 0.29) is 24.4 Å². The maximum Gasteiger partial charge on any atom is 0.237 e. The molecule has 5 nitrogen and oxygen atoms in total. The summed E-state index contributed by atoms with van der Waals surface area (Å²) in [7, 11) is 1.65. The van der Waals surface area contributed by atoms with E-state index in [0.29, 0.717) is 19.5 Å². The topological polar surface area (TPSA) is 70.6 Å². The minimum absolute atomic E-state index is 0. The number of thiophene rings is 1. The highest BCUT2D eigenvalue weighted by atomic mass is 35.5. The molecule has 3 rings (SSSR count). The second-order valence-corrected chi connectivity index (χ2v) is 6.73. The van der Waals surface area contributed by atoms with Gasteiger partial charge in [-0.15, -0.1) is 23.7 Å². The largest absolute Gasteiger partial charge is 0.497 e. The van der Waals surface area contributed by atoms with Gasteiger partial charge in [0.2, 0.25) is 5.91 Å². The van der Waals surface area contributed by atoms with Crippen molar-refractivity contribution in [1.29, 1.82) is 0 Å². The Kier molecular flexibility index (Phi) is 6.62. The molecule has 1 aliphatic rings. The first-order chi connectivity index (χ1) is 11.2. The number of amides is 1. The summed E-state index contributed by atoms with van der Waals surface area (Å²) in [5, 5.41) is 15.4. The van der Waals surface area contributed by atoms with Gasteiger partial charge in [-0.2, -0.15) is 0 Å². The number of hydrogen-bond donors (Lipinski definition) is 3. The molecule has 0 spiro atoms. The molecule has 7 heteroatoms. The highest BCUT2D eigenvalue weighted by molar-refractivity contribution is 7.15. The van der Waals surface area contributed by atoms with E-state index >= 15 is 0 Å². The van der Waals surface area contributed by atoms with Gasteiger partial charge in [-0.05, 0) is 48.4 Å². The Balaban J connectivity index is 0.00000208. The standard InChI is InChI=1S/C17H20N2O3S.ClH/c1-22-13-4-2-11(3-5-13)16-7-6-14(23-16)10-19-17(21)15-8-12(20)9-18-15;/h2-7,12,15,18,20H,8-10H2,1H3,(H,19,21);1H. The third kappa shape index (κ3) is 4.48. The van der Waals surface area contributed by atoms with E-state index < -0.39 is 6.10 Å². The lowest BCUT2D eigenvalue weighted by Gasteiger charge is -2.09. The number of aliphatic hydroxyl groups is 1. The smallest absolute Gasteiger partial charge is 0.237 e. The molecule has 1 fully saturated rings. The second kappa shape index (κ2) is 8.48. The van der Waals surface area contributed by atoms with Gasteiger partial charge in [0, 0.05) is 16.3 Å². The quantitative estimate of drug-likeness (QED) is 0.756. The molecule has 0 bridgehead atoms. The first kappa shape index (κ1) is 18.7. The van der Waals surface area contributed by atoms with Crippen molar-refractivity contribution >= 4 is 29.7 Å². The number of carbonyl (C=O) groups is 1. The van der Waals surface area contributed by atoms with Gasteiger partial charge in [-0.1, -0.05) is 0 Å². The molecule has 1 saturated heterocycles. The zero-order valence-electron chi connectivity index (χ0n) is 13.3. The number of methoxy groups -OCH3 is 1. The number of nitrogens with one attached hydrogen (secondary N) is 2. The number of halogens is 1. The summed E-state index contributed by atoms with van der Waals surface area (Å²) in [6, 6.07) is 11.7. The molecule has 2 heterocycles. The monoisotopic (exact) mass is 368 g/mol. The van der Waals surface area contributed by atoms with Crippen LogP contribution < -0.4 is 15.4 Å². The van der Waals surface area contributed by atoms with Crippen LogP contribution in [-0.2, 0) is 11.3 Å². The average Bonchev–Trinajstić information content (AvgIpc) is 3.22. The number of hydrogen-bond acceptors (Lipinski definition) is 5. The molecule has 24 heavy (non-hydrogen) atoms. The van der Waals surface area contributed by atoms with Crippen molar-refractivity contribution in [2.45, 2.75) is 25.1 Å². The molecule has 0 radical (unpaired) electrons. The van der Waals surface area contributed by atoms with Gasteiger partial charge in [0.25, 0.3) is 0 Å². The Bertz CT molecular complexity index is 675. The molecule has 130 valence electrons. The van der Waals surface area contributed by atoms with Crippen molar-refractivity contribution in [2.24, 2.45) is 0 Å². The Labute approximate surface area is 151 Å². The molecule has 2 unspecified atom stereocenters. The van der Waals surface area contributed by atoms with E-state index in [1.165, 1.54) is 0 Å². The minimum Gasteiger partial charge on any atom is -0.497 e. The summed E-state index contributed by atoms with van der Waals surface area (Å²) < 4.78 is 5.16. The molecule has 1 aromatic heterocycles. The number of rotatable bonds is 5. The first-order valence-electron chi connectivity index (χ1n) is 7.58. The van der Waals surface area contributed by atoms with Gasteiger partial charge in [0.05, 0.1) is 25.8 Å². The van der Waals surface area contributed by atoms with Crippen LogP contribution in [0.25, 0.3) is 10.4 Å². The van der Waals surface area contributed by atoms with Crippen LogP contribution in [0.1, 0.15) is 11.3 Å². The van der Waals surface area contributed by atoms with E-state index in [0.717, 1.165) is 21.1 Å². The zero-order chi connectivity index (χ0) is 16.2. The van der Waals surface area contributed by atoms with Gasteiger partial charge >= 0.3 is 0 Å². The normalized spacial score (nSPS) is 19.6. The average molecular weight is 369 g/mol. The van der Waals surface area contributed by atoms with E-state index in [1.807, 2.05) is 30.3 Å². The van der Waals surface area contributed by atoms with Gasteiger partial charge in [-0.3, -0.25) is 4.79 Å². The summed E-state index contributed by atoms with van der Waals surface area (Å²) in [5.74, 6) is 0.782. The highest BCUT2D eigenvalue weighted by Gasteiger charge is 2.27. The number of ether oxygens (including phenoxy) is 1. The Hall–Kier alpha value is -1.60. The van der Waals surface area contributed by atoms with Crippen LogP contribution in [0.2, 0.25) is 0 Å². The predicted molar refractivity (Wildman–Crippen MR) is 97.8 cm³/mol. The number of benzene rings is 1. The fraction of sp³-hybridized carbons (Fsp3) is 0.353. The number of aliphatic hydroxyl groups excluding tert-OH is 1. The zero-order valence-corrected chi connectivity index (χ0v) is 15.0. The maximum atomic E-state index is 12.0. The van der Waals surface area contributed by atoms with Crippen molar-refractivity contribution < 1.29 is 14.6 Å². The SMILES string of the molecule is COc1ccc(-c2ccc(CNC(=O)C3CC(O)CN3)s2)cc1.Cl. The third-order valence-corrected chi connectivity index (χ3v) is 5.03. The lowest BCUT2D eigenvalue weighted by atomic mass is 10.2. The Morgan fingerprint density at radius 2 is 2.08 bits per heavy atom. The summed E-state index contributed by atoms with van der Waals surface area (Å²) in [6.07, 6.45) is 0.0575. The Morgan fingerprint density at radius 3 is 2.71 bits per heavy atom. The summed E-state index contributed by atoms with van der Waals surface area (Å²) >= 11 is 1.66. The van der Waals surface area contributed by atoms with E-state index in [9.17, 15) is 9.90 Å². The second-order valence-electron chi connectivity index (χ2n) is 5.56. The molecule has 2 atom stereocenters. The van der Waals surface area contributed by atoms with Gasteiger partial charge in [-0.25, -0.2) is 0 Å². The van der Waals surface area contributed by atoms with Crippen LogP contribution >= 0.6 is 23.7 Å². The molecule has 2 aromatic rings. The van der Waals surface area contributed by atoms with Crippen molar-refractivity contribution in [3.05, 3.63) is 41.3 Å². The van der Waals surface area contributed by atoms with Gasteiger partial charge in [0.15, 0.2) is 0 Å². The molecule has 0 aliphatic carbocycles. The Morgan fingerprint density at radius 1 is 1.33 bits per heavy atom. The number of carbonyl (C=O) groups excluding carboxylic acids is 1. The molecule has 1 amide bonds. The van der Waals surface area contributed by atoms with E-state index in [2.05, 4.69) is 16.7 Å². The third-order valence-electron chi connectivity index (χ3n) is 3.90. The van der Waals surface area contributed by atoms with Crippen LogP contribution in [0, 0.1) is 0 Å². The van der Waals surface area contributed by atoms with Crippen LogP contribution in [0.3, 0.4) is 0 Å². The fourth-order valence-electron chi connectivity index (χ4n) is 2.60. The lowest BCUT2D eigenvalue weighted by molar-refractivity contribution is -0.123. The summed E-state index contributed by atoms with van der Waals surface area (Å²) in [5.41, 5.74) is 1.13. The molecular weight excluding hydrogens is 348 g/mol. The van der Waals surface area contributed by atoms with Crippen molar-refractivity contribution in [3.8, 4) is 16.2 Å². The first-order valence-corrected chi connectivity index (χ1v) is 8.39. The van der Waals surface area contributed by atoms with Crippen LogP contribution in [-0.4, -0.2) is 36.8 Å². The molecule has 1 aromatic carbocycles. The fourth-order valence-corrected chi connectivity index (χ4v) is 3.55. The lowest BCUT2D eigenvalue weighted by Crippen LogP contribution is -2.39. The van der Waals surface area contributed by atoms with Crippen LogP contribution in [0.4, 0.5) is 0 Å². The van der Waals surface area contributed by atoms with E-state index in [4.69, 9.17) is 4.74 Å². The summed E-state index contributed by atoms with van der Waals surface area (Å²) in [6.45, 7) is 0.993.